The van der Waals surface area contributed by atoms with Crippen molar-refractivity contribution in [2.75, 3.05) is 32.2 Å². The van der Waals surface area contributed by atoms with E-state index in [0.29, 0.717) is 12.6 Å². The molecule has 37 heavy (non-hydrogen) atoms. The van der Waals surface area contributed by atoms with Crippen LogP contribution in [0.15, 0.2) is 24.5 Å². The predicted octanol–water partition coefficient (Wildman–Crippen LogP) is 4.91. The Hall–Kier alpha value is -3.20. The number of nitrogens with one attached hydrogen (secondary N) is 1. The number of hydrogen-bond acceptors (Lipinski definition) is 6. The molecule has 1 aliphatic carbocycles. The average molecular weight is 510 g/mol. The van der Waals surface area contributed by atoms with Crippen molar-refractivity contribution in [3.8, 4) is 22.8 Å². The summed E-state index contributed by atoms with van der Waals surface area (Å²) in [5.41, 5.74) is 4.14. The Labute approximate surface area is 215 Å². The van der Waals surface area contributed by atoms with E-state index in [1.165, 1.54) is 25.8 Å². The van der Waals surface area contributed by atoms with Crippen molar-refractivity contribution >= 4 is 5.69 Å². The van der Waals surface area contributed by atoms with Crippen LogP contribution in [0.2, 0.25) is 0 Å². The third-order valence-corrected chi connectivity index (χ3v) is 8.85. The number of ether oxygens (including phenoxy) is 2. The van der Waals surface area contributed by atoms with Crippen molar-refractivity contribution in [2.45, 2.75) is 63.6 Å². The summed E-state index contributed by atoms with van der Waals surface area (Å²) in [6, 6.07) is 3.79. The van der Waals surface area contributed by atoms with E-state index in [-0.39, 0.29) is 22.6 Å². The third kappa shape index (κ3) is 3.46. The summed E-state index contributed by atoms with van der Waals surface area (Å²) in [6.45, 7) is 8.43. The average Bonchev–Trinajstić information content (AvgIpc) is 3.32. The van der Waals surface area contributed by atoms with Crippen molar-refractivity contribution in [3.05, 3.63) is 53.0 Å². The molecule has 1 saturated heterocycles. The highest BCUT2D eigenvalue weighted by Gasteiger charge is 2.61. The summed E-state index contributed by atoms with van der Waals surface area (Å²) < 4.78 is 43.7. The standard InChI is InChI=1S/C28H33F2N5O2/c1-16-19(15-35(33-16)18-6-9-31-13-18)21-10-20-17(12-32-21)14-34(27(2,3)28(20)7-8-28)26-24(29)22(36-4)11-23(37-5)25(26)30/h10-12,15,18,31H,6-9,13-14H2,1-5H3. The molecule has 1 spiro atoms. The number of benzene rings is 1. The lowest BCUT2D eigenvalue weighted by Gasteiger charge is -2.51. The lowest BCUT2D eigenvalue weighted by atomic mass is 9.72. The van der Waals surface area contributed by atoms with Gasteiger partial charge in [0, 0.05) is 48.1 Å². The highest BCUT2D eigenvalue weighted by Crippen LogP contribution is 2.62. The fourth-order valence-corrected chi connectivity index (χ4v) is 6.42. The van der Waals surface area contributed by atoms with Crippen molar-refractivity contribution in [2.24, 2.45) is 0 Å². The van der Waals surface area contributed by atoms with Gasteiger partial charge in [0.05, 0.1) is 31.6 Å². The number of aromatic nitrogens is 3. The third-order valence-electron chi connectivity index (χ3n) is 8.85. The molecule has 0 radical (unpaired) electrons. The van der Waals surface area contributed by atoms with E-state index in [2.05, 4.69) is 36.1 Å². The van der Waals surface area contributed by atoms with Crippen molar-refractivity contribution in [1.29, 1.82) is 0 Å². The molecular weight excluding hydrogens is 476 g/mol. The van der Waals surface area contributed by atoms with Gasteiger partial charge in [-0.15, -0.1) is 0 Å². The van der Waals surface area contributed by atoms with Crippen LogP contribution in [0.5, 0.6) is 11.5 Å². The normalized spacial score (nSPS) is 21.3. The van der Waals surface area contributed by atoms with Gasteiger partial charge in [0.1, 0.15) is 5.69 Å². The van der Waals surface area contributed by atoms with Gasteiger partial charge in [-0.1, -0.05) is 0 Å². The summed E-state index contributed by atoms with van der Waals surface area (Å²) in [6.07, 6.45) is 6.91. The van der Waals surface area contributed by atoms with Crippen LogP contribution in [0.3, 0.4) is 0 Å². The summed E-state index contributed by atoms with van der Waals surface area (Å²) in [7, 11) is 2.74. The van der Waals surface area contributed by atoms with Crippen LogP contribution in [0.1, 0.15) is 56.0 Å². The zero-order valence-corrected chi connectivity index (χ0v) is 22.0. The Bertz CT molecular complexity index is 1350. The molecule has 0 bridgehead atoms. The van der Waals surface area contributed by atoms with Gasteiger partial charge < -0.3 is 19.7 Å². The van der Waals surface area contributed by atoms with Gasteiger partial charge in [0.25, 0.3) is 0 Å². The van der Waals surface area contributed by atoms with Crippen LogP contribution in [-0.4, -0.2) is 47.6 Å². The monoisotopic (exact) mass is 509 g/mol. The topological polar surface area (TPSA) is 64.4 Å². The second-order valence-electron chi connectivity index (χ2n) is 11.0. The number of anilines is 1. The van der Waals surface area contributed by atoms with E-state index in [0.717, 1.165) is 54.9 Å². The molecule has 6 rings (SSSR count). The summed E-state index contributed by atoms with van der Waals surface area (Å²) in [5, 5.41) is 8.18. The van der Waals surface area contributed by atoms with Gasteiger partial charge in [-0.2, -0.15) is 5.10 Å². The van der Waals surface area contributed by atoms with E-state index >= 15 is 8.78 Å². The van der Waals surface area contributed by atoms with E-state index in [1.807, 2.05) is 18.0 Å². The van der Waals surface area contributed by atoms with Crippen molar-refractivity contribution in [3.63, 3.8) is 0 Å². The van der Waals surface area contributed by atoms with Gasteiger partial charge in [0.15, 0.2) is 23.1 Å². The number of pyridine rings is 1. The minimum absolute atomic E-state index is 0.0434. The lowest BCUT2D eigenvalue weighted by Crippen LogP contribution is -2.56. The van der Waals surface area contributed by atoms with Crippen molar-refractivity contribution < 1.29 is 18.3 Å². The van der Waals surface area contributed by atoms with Gasteiger partial charge in [0.2, 0.25) is 0 Å². The molecule has 3 aromatic rings. The first-order chi connectivity index (χ1) is 17.7. The fraction of sp³-hybridized carbons (Fsp3) is 0.500. The molecule has 7 nitrogen and oxygen atoms in total. The molecule has 0 amide bonds. The molecule has 3 aliphatic rings. The fourth-order valence-electron chi connectivity index (χ4n) is 6.42. The Morgan fingerprint density at radius 3 is 2.38 bits per heavy atom. The zero-order chi connectivity index (χ0) is 26.1. The Morgan fingerprint density at radius 2 is 1.78 bits per heavy atom. The molecule has 1 aromatic carbocycles. The number of hydrogen-bond donors (Lipinski definition) is 1. The second-order valence-corrected chi connectivity index (χ2v) is 11.0. The minimum Gasteiger partial charge on any atom is -0.493 e. The molecule has 4 heterocycles. The molecule has 1 saturated carbocycles. The molecule has 2 aliphatic heterocycles. The Balaban J connectivity index is 1.44. The Kier molecular flexibility index (Phi) is 5.49. The van der Waals surface area contributed by atoms with E-state index in [1.54, 1.807) is 0 Å². The van der Waals surface area contributed by atoms with Gasteiger partial charge in [-0.3, -0.25) is 9.67 Å². The number of nitrogens with zero attached hydrogens (tertiary/aromatic N) is 4. The largest absolute Gasteiger partial charge is 0.493 e. The van der Waals surface area contributed by atoms with E-state index < -0.39 is 17.2 Å². The summed E-state index contributed by atoms with van der Waals surface area (Å²) in [4.78, 5) is 6.64. The molecule has 9 heteroatoms. The maximum atomic E-state index is 15.6. The van der Waals surface area contributed by atoms with Crippen LogP contribution in [0.25, 0.3) is 11.3 Å². The summed E-state index contributed by atoms with van der Waals surface area (Å²) >= 11 is 0. The number of rotatable bonds is 5. The van der Waals surface area contributed by atoms with Crippen LogP contribution in [0, 0.1) is 18.6 Å². The second kappa shape index (κ2) is 8.41. The lowest BCUT2D eigenvalue weighted by molar-refractivity contribution is 0.314. The molecule has 2 fully saturated rings. The highest BCUT2D eigenvalue weighted by atomic mass is 19.1. The van der Waals surface area contributed by atoms with Crippen LogP contribution < -0.4 is 19.7 Å². The SMILES string of the molecule is COc1cc(OC)c(F)c(N2Cc3cnc(-c4cn(C5CCNC5)nc4C)cc3C3(CC3)C2(C)C)c1F. The minimum atomic E-state index is -0.720. The molecule has 2 aromatic heterocycles. The number of fused-ring (bicyclic) bond motifs is 2. The maximum Gasteiger partial charge on any atom is 0.191 e. The van der Waals surface area contributed by atoms with E-state index in [9.17, 15) is 0 Å². The van der Waals surface area contributed by atoms with Gasteiger partial charge >= 0.3 is 0 Å². The predicted molar refractivity (Wildman–Crippen MR) is 137 cm³/mol. The first kappa shape index (κ1) is 24.2. The number of aryl methyl sites for hydroxylation is 1. The first-order valence-corrected chi connectivity index (χ1v) is 12.9. The Morgan fingerprint density at radius 1 is 1.08 bits per heavy atom. The van der Waals surface area contributed by atoms with Gasteiger partial charge in [-0.25, -0.2) is 8.78 Å². The van der Waals surface area contributed by atoms with Crippen LogP contribution in [0.4, 0.5) is 14.5 Å². The smallest absolute Gasteiger partial charge is 0.191 e. The maximum absolute atomic E-state index is 15.6. The highest BCUT2D eigenvalue weighted by molar-refractivity contribution is 5.68. The van der Waals surface area contributed by atoms with E-state index in [4.69, 9.17) is 19.6 Å². The number of methoxy groups -OCH3 is 2. The van der Waals surface area contributed by atoms with Gasteiger partial charge in [-0.05, 0) is 63.8 Å². The molecule has 1 atom stereocenters. The zero-order valence-electron chi connectivity index (χ0n) is 22.0. The number of halogens is 2. The van der Waals surface area contributed by atoms with Crippen LogP contribution >= 0.6 is 0 Å². The van der Waals surface area contributed by atoms with Crippen molar-refractivity contribution in [1.82, 2.24) is 20.1 Å². The molecule has 1 N–H and O–H groups in total. The summed E-state index contributed by atoms with van der Waals surface area (Å²) in [5.74, 6) is -1.53. The molecule has 196 valence electrons. The molecule has 1 unspecified atom stereocenters. The van der Waals surface area contributed by atoms with Crippen LogP contribution in [-0.2, 0) is 12.0 Å². The molecular formula is C28H33F2N5O2. The quantitative estimate of drug-likeness (QED) is 0.527. The first-order valence-electron chi connectivity index (χ1n) is 12.9.